The van der Waals surface area contributed by atoms with Crippen LogP contribution in [0, 0.1) is 5.92 Å². The van der Waals surface area contributed by atoms with Crippen LogP contribution in [0.5, 0.6) is 5.75 Å². The number of nitrogens with two attached hydrogens (primary N) is 1. The van der Waals surface area contributed by atoms with E-state index in [9.17, 15) is 5.11 Å². The summed E-state index contributed by atoms with van der Waals surface area (Å²) in [5.74, 6) is 0.875. The number of phenolic OH excluding ortho intramolecular Hbond substituents is 1. The second kappa shape index (κ2) is 4.85. The van der Waals surface area contributed by atoms with E-state index in [-0.39, 0.29) is 6.04 Å². The summed E-state index contributed by atoms with van der Waals surface area (Å²) in [5.41, 5.74) is 7.40. The molecule has 1 heterocycles. The Morgan fingerprint density at radius 2 is 1.81 bits per heavy atom. The minimum Gasteiger partial charge on any atom is -0.508 e. The van der Waals surface area contributed by atoms with Gasteiger partial charge in [0.05, 0.1) is 0 Å². The van der Waals surface area contributed by atoms with Crippen LogP contribution in [-0.4, -0.2) is 30.1 Å². The lowest BCUT2D eigenvalue weighted by atomic mass is 9.86. The van der Waals surface area contributed by atoms with E-state index in [4.69, 9.17) is 5.73 Å². The van der Waals surface area contributed by atoms with Gasteiger partial charge in [-0.2, -0.15) is 0 Å². The van der Waals surface area contributed by atoms with E-state index in [0.29, 0.717) is 11.7 Å². The molecule has 3 N–H and O–H groups in total. The summed E-state index contributed by atoms with van der Waals surface area (Å²) in [7, 11) is 2.16. The van der Waals surface area contributed by atoms with Crippen molar-refractivity contribution >= 4 is 0 Å². The monoisotopic (exact) mass is 220 g/mol. The number of hydrogen-bond acceptors (Lipinski definition) is 3. The molecule has 3 heteroatoms. The molecule has 0 amide bonds. The van der Waals surface area contributed by atoms with Gasteiger partial charge < -0.3 is 15.7 Å². The van der Waals surface area contributed by atoms with Crippen molar-refractivity contribution in [2.45, 2.75) is 18.9 Å². The van der Waals surface area contributed by atoms with Crippen LogP contribution >= 0.6 is 0 Å². The standard InChI is InChI=1S/C13H20N2O/c1-15-8-6-11(7-9-15)13(14)10-2-4-12(16)5-3-10/h2-5,11,13,16H,6-9,14H2,1H3. The first-order valence-electron chi connectivity index (χ1n) is 5.90. The molecule has 1 unspecified atom stereocenters. The number of hydrogen-bond donors (Lipinski definition) is 2. The molecule has 1 aliphatic rings. The van der Waals surface area contributed by atoms with Gasteiger partial charge in [-0.3, -0.25) is 0 Å². The molecule has 16 heavy (non-hydrogen) atoms. The second-order valence-electron chi connectivity index (χ2n) is 4.76. The molecule has 0 aromatic heterocycles. The maximum atomic E-state index is 9.24. The van der Waals surface area contributed by atoms with Crippen LogP contribution in [-0.2, 0) is 0 Å². The second-order valence-corrected chi connectivity index (χ2v) is 4.76. The van der Waals surface area contributed by atoms with Crippen LogP contribution in [0.2, 0.25) is 0 Å². The number of piperidine rings is 1. The SMILES string of the molecule is CN1CCC(C(N)c2ccc(O)cc2)CC1. The predicted octanol–water partition coefficient (Wildman–Crippen LogP) is 1.73. The Labute approximate surface area is 96.9 Å². The fourth-order valence-electron chi connectivity index (χ4n) is 2.36. The van der Waals surface area contributed by atoms with Crippen molar-refractivity contribution in [3.8, 4) is 5.75 Å². The third-order valence-corrected chi connectivity index (χ3v) is 3.55. The van der Waals surface area contributed by atoms with E-state index < -0.39 is 0 Å². The molecule has 3 nitrogen and oxygen atoms in total. The normalized spacial score (nSPS) is 20.9. The van der Waals surface area contributed by atoms with Crippen molar-refractivity contribution in [3.05, 3.63) is 29.8 Å². The molecule has 1 aliphatic heterocycles. The van der Waals surface area contributed by atoms with Crippen molar-refractivity contribution in [1.29, 1.82) is 0 Å². The quantitative estimate of drug-likeness (QED) is 0.798. The number of benzene rings is 1. The summed E-state index contributed by atoms with van der Waals surface area (Å²) in [6, 6.07) is 7.39. The van der Waals surface area contributed by atoms with Gasteiger partial charge in [0.2, 0.25) is 0 Å². The molecule has 0 aliphatic carbocycles. The number of phenols is 1. The fraction of sp³-hybridized carbons (Fsp3) is 0.538. The van der Waals surface area contributed by atoms with Gasteiger partial charge in [-0.15, -0.1) is 0 Å². The highest BCUT2D eigenvalue weighted by Crippen LogP contribution is 2.29. The molecule has 1 atom stereocenters. The average molecular weight is 220 g/mol. The first-order valence-corrected chi connectivity index (χ1v) is 5.90. The summed E-state index contributed by atoms with van der Waals surface area (Å²) in [5, 5.41) is 9.24. The van der Waals surface area contributed by atoms with E-state index in [2.05, 4.69) is 11.9 Å². The highest BCUT2D eigenvalue weighted by Gasteiger charge is 2.23. The molecule has 0 spiro atoms. The zero-order chi connectivity index (χ0) is 11.5. The van der Waals surface area contributed by atoms with Crippen LogP contribution in [0.15, 0.2) is 24.3 Å². The first-order chi connectivity index (χ1) is 7.66. The average Bonchev–Trinajstić information content (AvgIpc) is 2.30. The molecule has 0 bridgehead atoms. The Kier molecular flexibility index (Phi) is 3.46. The number of rotatable bonds is 2. The van der Waals surface area contributed by atoms with Crippen molar-refractivity contribution < 1.29 is 5.11 Å². The van der Waals surface area contributed by atoms with Gasteiger partial charge in [-0.25, -0.2) is 0 Å². The van der Waals surface area contributed by atoms with Crippen LogP contribution in [0.4, 0.5) is 0 Å². The minimum absolute atomic E-state index is 0.106. The zero-order valence-electron chi connectivity index (χ0n) is 9.76. The van der Waals surface area contributed by atoms with Crippen molar-refractivity contribution in [3.63, 3.8) is 0 Å². The van der Waals surface area contributed by atoms with Gasteiger partial charge in [0.25, 0.3) is 0 Å². The summed E-state index contributed by atoms with van der Waals surface area (Å²) in [4.78, 5) is 2.35. The topological polar surface area (TPSA) is 49.5 Å². The van der Waals surface area contributed by atoms with Crippen LogP contribution < -0.4 is 5.73 Å². The van der Waals surface area contributed by atoms with Gasteiger partial charge in [-0.05, 0) is 56.6 Å². The van der Waals surface area contributed by atoms with E-state index in [0.717, 1.165) is 18.7 Å². The smallest absolute Gasteiger partial charge is 0.115 e. The molecule has 1 aromatic carbocycles. The largest absolute Gasteiger partial charge is 0.508 e. The Hall–Kier alpha value is -1.06. The molecule has 2 rings (SSSR count). The molecular formula is C13H20N2O. The van der Waals surface area contributed by atoms with E-state index in [1.165, 1.54) is 12.8 Å². The fourth-order valence-corrected chi connectivity index (χ4v) is 2.36. The van der Waals surface area contributed by atoms with Crippen LogP contribution in [0.3, 0.4) is 0 Å². The molecular weight excluding hydrogens is 200 g/mol. The van der Waals surface area contributed by atoms with Crippen LogP contribution in [0.25, 0.3) is 0 Å². The molecule has 0 radical (unpaired) electrons. The van der Waals surface area contributed by atoms with E-state index >= 15 is 0 Å². The summed E-state index contributed by atoms with van der Waals surface area (Å²) >= 11 is 0. The molecule has 1 fully saturated rings. The summed E-state index contributed by atoms with van der Waals surface area (Å²) < 4.78 is 0. The first kappa shape index (κ1) is 11.4. The van der Waals surface area contributed by atoms with Crippen molar-refractivity contribution in [2.24, 2.45) is 11.7 Å². The van der Waals surface area contributed by atoms with Crippen LogP contribution in [0.1, 0.15) is 24.4 Å². The zero-order valence-corrected chi connectivity index (χ0v) is 9.76. The Bertz CT molecular complexity index is 328. The molecule has 1 saturated heterocycles. The molecule has 88 valence electrons. The van der Waals surface area contributed by atoms with Gasteiger partial charge in [0, 0.05) is 6.04 Å². The van der Waals surface area contributed by atoms with E-state index in [1.54, 1.807) is 12.1 Å². The van der Waals surface area contributed by atoms with Gasteiger partial charge in [0.1, 0.15) is 5.75 Å². The highest BCUT2D eigenvalue weighted by molar-refractivity contribution is 5.28. The lowest BCUT2D eigenvalue weighted by Crippen LogP contribution is -2.35. The third kappa shape index (κ3) is 2.54. The third-order valence-electron chi connectivity index (χ3n) is 3.55. The maximum absolute atomic E-state index is 9.24. The summed E-state index contributed by atoms with van der Waals surface area (Å²) in [6.45, 7) is 2.27. The van der Waals surface area contributed by atoms with E-state index in [1.807, 2.05) is 12.1 Å². The number of aromatic hydroxyl groups is 1. The number of nitrogens with zero attached hydrogens (tertiary/aromatic N) is 1. The Balaban J connectivity index is 2.01. The minimum atomic E-state index is 0.106. The van der Waals surface area contributed by atoms with Gasteiger partial charge >= 0.3 is 0 Å². The lowest BCUT2D eigenvalue weighted by Gasteiger charge is -2.32. The highest BCUT2D eigenvalue weighted by atomic mass is 16.3. The number of likely N-dealkylation sites (tertiary alicyclic amines) is 1. The van der Waals surface area contributed by atoms with Crippen molar-refractivity contribution in [2.75, 3.05) is 20.1 Å². The lowest BCUT2D eigenvalue weighted by molar-refractivity contribution is 0.199. The predicted molar refractivity (Wildman–Crippen MR) is 65.3 cm³/mol. The van der Waals surface area contributed by atoms with Crippen molar-refractivity contribution in [1.82, 2.24) is 4.90 Å². The van der Waals surface area contributed by atoms with Gasteiger partial charge in [0.15, 0.2) is 0 Å². The molecule has 0 saturated carbocycles. The maximum Gasteiger partial charge on any atom is 0.115 e. The Morgan fingerprint density at radius 1 is 1.25 bits per heavy atom. The molecule has 1 aromatic rings. The summed E-state index contributed by atoms with van der Waals surface area (Å²) in [6.07, 6.45) is 2.33. The van der Waals surface area contributed by atoms with Gasteiger partial charge in [-0.1, -0.05) is 12.1 Å². The Morgan fingerprint density at radius 3 is 2.38 bits per heavy atom.